The molecule has 14 heavy (non-hydrogen) atoms. The van der Waals surface area contributed by atoms with Crippen LogP contribution in [0.3, 0.4) is 0 Å². The van der Waals surface area contributed by atoms with E-state index >= 15 is 0 Å². The van der Waals surface area contributed by atoms with Crippen LogP contribution in [0.1, 0.15) is 19.2 Å². The Labute approximate surface area is 87.1 Å². The van der Waals surface area contributed by atoms with Gasteiger partial charge in [-0.15, -0.1) is 0 Å². The largest absolute Gasteiger partial charge is 0.316 e. The molecular formula is C8H14N4OS. The summed E-state index contributed by atoms with van der Waals surface area (Å²) in [6.07, 6.45) is 0.465. The van der Waals surface area contributed by atoms with E-state index in [1.54, 1.807) is 6.92 Å². The van der Waals surface area contributed by atoms with Gasteiger partial charge in [-0.1, -0.05) is 6.92 Å². The normalized spacial score (nSPS) is 10.1. The molecule has 0 aliphatic carbocycles. The van der Waals surface area contributed by atoms with E-state index in [1.807, 2.05) is 6.92 Å². The highest BCUT2D eigenvalue weighted by Gasteiger charge is 2.04. The molecule has 0 spiro atoms. The Morgan fingerprint density at radius 2 is 2.36 bits per heavy atom. The first kappa shape index (κ1) is 11.1. The van der Waals surface area contributed by atoms with E-state index in [-0.39, 0.29) is 5.91 Å². The average molecular weight is 214 g/mol. The summed E-state index contributed by atoms with van der Waals surface area (Å²) in [6, 6.07) is 0. The number of hydrogen-bond donors (Lipinski definition) is 2. The van der Waals surface area contributed by atoms with Gasteiger partial charge in [0.15, 0.2) is 0 Å². The topological polar surface area (TPSA) is 66.9 Å². The Morgan fingerprint density at radius 1 is 1.57 bits per heavy atom. The molecule has 1 aromatic rings. The van der Waals surface area contributed by atoms with Gasteiger partial charge in [-0.3, -0.25) is 4.79 Å². The van der Waals surface area contributed by atoms with Gasteiger partial charge in [0.05, 0.1) is 0 Å². The van der Waals surface area contributed by atoms with E-state index in [0.29, 0.717) is 23.9 Å². The summed E-state index contributed by atoms with van der Waals surface area (Å²) >= 11 is 1.20. The number of aryl methyl sites for hydroxylation is 1. The fraction of sp³-hybridized carbons (Fsp3) is 0.625. The molecule has 0 fully saturated rings. The van der Waals surface area contributed by atoms with Crippen LogP contribution >= 0.6 is 11.5 Å². The van der Waals surface area contributed by atoms with Crippen molar-refractivity contribution >= 4 is 22.6 Å². The molecule has 6 heteroatoms. The second kappa shape index (κ2) is 5.66. The van der Waals surface area contributed by atoms with Crippen LogP contribution < -0.4 is 10.6 Å². The van der Waals surface area contributed by atoms with Crippen molar-refractivity contribution in [2.24, 2.45) is 0 Å². The number of anilines is 1. The minimum absolute atomic E-state index is 0.0258. The average Bonchev–Trinajstić information content (AvgIpc) is 2.52. The maximum Gasteiger partial charge on any atom is 0.227 e. The quantitative estimate of drug-likeness (QED) is 0.711. The van der Waals surface area contributed by atoms with Crippen LogP contribution in [0.2, 0.25) is 0 Å². The Bertz CT molecular complexity index is 299. The SMILES string of the molecule is CCNCCC(=O)Nc1nc(C)ns1. The van der Waals surface area contributed by atoms with Crippen molar-refractivity contribution in [3.8, 4) is 0 Å². The van der Waals surface area contributed by atoms with Gasteiger partial charge in [0.1, 0.15) is 5.82 Å². The molecule has 0 aliphatic heterocycles. The molecule has 0 saturated heterocycles. The Balaban J connectivity index is 2.27. The minimum Gasteiger partial charge on any atom is -0.316 e. The molecule has 0 saturated carbocycles. The summed E-state index contributed by atoms with van der Waals surface area (Å²) in [7, 11) is 0. The lowest BCUT2D eigenvalue weighted by Crippen LogP contribution is -2.21. The fourth-order valence-corrected chi connectivity index (χ4v) is 1.50. The highest BCUT2D eigenvalue weighted by Crippen LogP contribution is 2.09. The highest BCUT2D eigenvalue weighted by atomic mass is 32.1. The maximum absolute atomic E-state index is 11.3. The van der Waals surface area contributed by atoms with Crippen molar-refractivity contribution in [1.82, 2.24) is 14.7 Å². The smallest absolute Gasteiger partial charge is 0.227 e. The predicted molar refractivity (Wildman–Crippen MR) is 56.4 cm³/mol. The van der Waals surface area contributed by atoms with Crippen LogP contribution in [0.4, 0.5) is 5.13 Å². The second-order valence-corrected chi connectivity index (χ2v) is 3.55. The third-order valence-electron chi connectivity index (χ3n) is 1.55. The van der Waals surface area contributed by atoms with E-state index in [9.17, 15) is 4.79 Å². The molecule has 1 rings (SSSR count). The third kappa shape index (κ3) is 3.80. The number of hydrogen-bond acceptors (Lipinski definition) is 5. The predicted octanol–water partition coefficient (Wildman–Crippen LogP) is 0.785. The van der Waals surface area contributed by atoms with Gasteiger partial charge in [-0.2, -0.15) is 4.37 Å². The maximum atomic E-state index is 11.3. The van der Waals surface area contributed by atoms with Crippen LogP contribution in [0.25, 0.3) is 0 Å². The Morgan fingerprint density at radius 3 is 2.93 bits per heavy atom. The van der Waals surface area contributed by atoms with Gasteiger partial charge in [-0.05, 0) is 13.5 Å². The number of rotatable bonds is 5. The van der Waals surface area contributed by atoms with E-state index in [4.69, 9.17) is 0 Å². The Hall–Kier alpha value is -1.01. The number of amides is 1. The minimum atomic E-state index is -0.0258. The first-order valence-corrected chi connectivity index (χ1v) is 5.30. The van der Waals surface area contributed by atoms with Gasteiger partial charge in [-0.25, -0.2) is 4.98 Å². The van der Waals surface area contributed by atoms with E-state index in [0.717, 1.165) is 6.54 Å². The van der Waals surface area contributed by atoms with Crippen LogP contribution in [-0.2, 0) is 4.79 Å². The van der Waals surface area contributed by atoms with Crippen molar-refractivity contribution in [1.29, 1.82) is 0 Å². The molecule has 0 atom stereocenters. The number of nitrogens with one attached hydrogen (secondary N) is 2. The fourth-order valence-electron chi connectivity index (χ4n) is 0.908. The van der Waals surface area contributed by atoms with Crippen LogP contribution in [0, 0.1) is 6.92 Å². The molecule has 5 nitrogen and oxygen atoms in total. The highest BCUT2D eigenvalue weighted by molar-refractivity contribution is 7.09. The van der Waals surface area contributed by atoms with Crippen molar-refractivity contribution in [2.45, 2.75) is 20.3 Å². The lowest BCUT2D eigenvalue weighted by atomic mass is 10.4. The molecule has 1 heterocycles. The molecule has 0 unspecified atom stereocenters. The molecule has 1 aromatic heterocycles. The van der Waals surface area contributed by atoms with E-state index < -0.39 is 0 Å². The summed E-state index contributed by atoms with van der Waals surface area (Å²) in [5, 5.41) is 6.34. The third-order valence-corrected chi connectivity index (χ3v) is 2.27. The van der Waals surface area contributed by atoms with Gasteiger partial charge in [0.2, 0.25) is 11.0 Å². The molecule has 0 radical (unpaired) electrons. The second-order valence-electron chi connectivity index (χ2n) is 2.80. The molecule has 78 valence electrons. The monoisotopic (exact) mass is 214 g/mol. The first-order valence-electron chi connectivity index (χ1n) is 4.53. The number of aromatic nitrogens is 2. The number of carbonyl (C=O) groups excluding carboxylic acids is 1. The van der Waals surface area contributed by atoms with Crippen molar-refractivity contribution in [3.05, 3.63) is 5.82 Å². The van der Waals surface area contributed by atoms with Crippen molar-refractivity contribution in [3.63, 3.8) is 0 Å². The van der Waals surface area contributed by atoms with Crippen LogP contribution in [0.15, 0.2) is 0 Å². The standard InChI is InChI=1S/C8H14N4OS/c1-3-9-5-4-7(13)11-8-10-6(2)12-14-8/h9H,3-5H2,1-2H3,(H,10,11,12,13). The van der Waals surface area contributed by atoms with E-state index in [2.05, 4.69) is 20.0 Å². The lowest BCUT2D eigenvalue weighted by Gasteiger charge is -2.00. The van der Waals surface area contributed by atoms with Crippen molar-refractivity contribution in [2.75, 3.05) is 18.4 Å². The summed E-state index contributed by atoms with van der Waals surface area (Å²) in [4.78, 5) is 15.3. The molecule has 0 aliphatic rings. The molecule has 2 N–H and O–H groups in total. The van der Waals surface area contributed by atoms with E-state index in [1.165, 1.54) is 11.5 Å². The Kier molecular flexibility index (Phi) is 4.48. The zero-order valence-corrected chi connectivity index (χ0v) is 9.15. The number of nitrogens with zero attached hydrogens (tertiary/aromatic N) is 2. The summed E-state index contributed by atoms with van der Waals surface area (Å²) in [5.74, 6) is 0.666. The molecule has 1 amide bonds. The lowest BCUT2D eigenvalue weighted by molar-refractivity contribution is -0.116. The number of carbonyl (C=O) groups is 1. The summed E-state index contributed by atoms with van der Waals surface area (Å²) in [5.41, 5.74) is 0. The van der Waals surface area contributed by atoms with Gasteiger partial charge >= 0.3 is 0 Å². The summed E-state index contributed by atoms with van der Waals surface area (Å²) < 4.78 is 3.97. The first-order chi connectivity index (χ1) is 6.72. The molecular weight excluding hydrogens is 200 g/mol. The summed E-state index contributed by atoms with van der Waals surface area (Å²) in [6.45, 7) is 5.38. The van der Waals surface area contributed by atoms with Crippen molar-refractivity contribution < 1.29 is 4.79 Å². The van der Waals surface area contributed by atoms with Gasteiger partial charge < -0.3 is 10.6 Å². The van der Waals surface area contributed by atoms with Crippen LogP contribution in [0.5, 0.6) is 0 Å². The zero-order valence-electron chi connectivity index (χ0n) is 8.33. The molecule has 0 bridgehead atoms. The molecule has 0 aromatic carbocycles. The van der Waals surface area contributed by atoms with Gasteiger partial charge in [0.25, 0.3) is 0 Å². The van der Waals surface area contributed by atoms with Gasteiger partial charge in [0, 0.05) is 24.5 Å². The zero-order chi connectivity index (χ0) is 10.4. The van der Waals surface area contributed by atoms with Crippen LogP contribution in [-0.4, -0.2) is 28.4 Å².